The van der Waals surface area contributed by atoms with E-state index in [-0.39, 0.29) is 11.1 Å². The van der Waals surface area contributed by atoms with E-state index < -0.39 is 8.32 Å². The molecule has 21 heavy (non-hydrogen) atoms. The highest BCUT2D eigenvalue weighted by molar-refractivity contribution is 6.74. The van der Waals surface area contributed by atoms with Crippen LogP contribution in [0.2, 0.25) is 18.1 Å². The van der Waals surface area contributed by atoms with E-state index in [1.807, 2.05) is 6.08 Å². The van der Waals surface area contributed by atoms with Crippen molar-refractivity contribution in [2.24, 2.45) is 5.92 Å². The molecule has 0 saturated carbocycles. The Balaban J connectivity index is 5.01. The van der Waals surface area contributed by atoms with Crippen LogP contribution in [-0.2, 0) is 4.43 Å². The SMILES string of the molecule is C=C[C@@H](C)[C@@H](O[Si](C)(C)C(C)(C)C)/C(C)=C/CCCCC. The van der Waals surface area contributed by atoms with Crippen molar-refractivity contribution in [2.75, 3.05) is 0 Å². The van der Waals surface area contributed by atoms with Gasteiger partial charge in [0.05, 0.1) is 6.10 Å². The Hall–Kier alpha value is -0.343. The normalized spacial score (nSPS) is 16.7. The molecule has 0 heterocycles. The maximum Gasteiger partial charge on any atom is 0.192 e. The van der Waals surface area contributed by atoms with Crippen molar-refractivity contribution in [1.29, 1.82) is 0 Å². The van der Waals surface area contributed by atoms with Gasteiger partial charge in [-0.1, -0.05) is 59.6 Å². The second kappa shape index (κ2) is 8.95. The van der Waals surface area contributed by atoms with Crippen LogP contribution >= 0.6 is 0 Å². The van der Waals surface area contributed by atoms with Crippen molar-refractivity contribution < 1.29 is 4.43 Å². The maximum atomic E-state index is 6.67. The number of unbranched alkanes of at least 4 members (excludes halogenated alkanes) is 3. The smallest absolute Gasteiger partial charge is 0.192 e. The van der Waals surface area contributed by atoms with E-state index in [0.29, 0.717) is 5.92 Å². The van der Waals surface area contributed by atoms with Crippen molar-refractivity contribution >= 4 is 8.32 Å². The lowest BCUT2D eigenvalue weighted by Crippen LogP contribution is -2.45. The van der Waals surface area contributed by atoms with Crippen molar-refractivity contribution in [1.82, 2.24) is 0 Å². The molecule has 0 amide bonds. The van der Waals surface area contributed by atoms with Crippen LogP contribution in [0.4, 0.5) is 0 Å². The van der Waals surface area contributed by atoms with Gasteiger partial charge in [-0.15, -0.1) is 6.58 Å². The summed E-state index contributed by atoms with van der Waals surface area (Å²) >= 11 is 0. The number of rotatable bonds is 9. The molecule has 1 nitrogen and oxygen atoms in total. The lowest BCUT2D eigenvalue weighted by Gasteiger charge is -2.41. The third kappa shape index (κ3) is 6.97. The van der Waals surface area contributed by atoms with Gasteiger partial charge in [0.15, 0.2) is 8.32 Å². The fourth-order valence-corrected chi connectivity index (χ4v) is 3.46. The van der Waals surface area contributed by atoms with Crippen molar-refractivity contribution in [3.63, 3.8) is 0 Å². The molecule has 2 atom stereocenters. The van der Waals surface area contributed by atoms with E-state index in [1.54, 1.807) is 0 Å². The zero-order chi connectivity index (χ0) is 16.7. The van der Waals surface area contributed by atoms with Gasteiger partial charge in [-0.2, -0.15) is 0 Å². The van der Waals surface area contributed by atoms with E-state index in [2.05, 4.69) is 67.3 Å². The maximum absolute atomic E-state index is 6.67. The minimum Gasteiger partial charge on any atom is -0.410 e. The molecule has 0 aromatic carbocycles. The number of allylic oxidation sites excluding steroid dienone is 1. The number of hydrogen-bond donors (Lipinski definition) is 0. The molecule has 0 spiro atoms. The summed E-state index contributed by atoms with van der Waals surface area (Å²) in [6.45, 7) is 22.2. The average Bonchev–Trinajstić information content (AvgIpc) is 2.38. The highest BCUT2D eigenvalue weighted by Crippen LogP contribution is 2.39. The standard InChI is InChI=1S/C19H38OSi/c1-10-12-13-14-15-17(4)18(16(3)11-2)20-21(8,9)19(5,6)7/h11,15-16,18H,2,10,12-14H2,1,3-9H3/b17-15+/t16-,18-/m1/s1. The summed E-state index contributed by atoms with van der Waals surface area (Å²) in [7, 11) is -1.75. The van der Waals surface area contributed by atoms with Gasteiger partial charge < -0.3 is 4.43 Å². The first kappa shape index (κ1) is 20.7. The molecule has 0 aliphatic carbocycles. The Morgan fingerprint density at radius 3 is 2.24 bits per heavy atom. The second-order valence-electron chi connectivity index (χ2n) is 7.84. The summed E-state index contributed by atoms with van der Waals surface area (Å²) in [6.07, 6.45) is 9.64. The highest BCUT2D eigenvalue weighted by Gasteiger charge is 2.40. The van der Waals surface area contributed by atoms with E-state index in [0.717, 1.165) is 0 Å². The first-order chi connectivity index (χ1) is 9.56. The third-order valence-electron chi connectivity index (χ3n) is 4.80. The van der Waals surface area contributed by atoms with Gasteiger partial charge in [0.2, 0.25) is 0 Å². The average molecular weight is 311 g/mol. The highest BCUT2D eigenvalue weighted by atomic mass is 28.4. The fourth-order valence-electron chi connectivity index (χ4n) is 2.07. The Bertz CT molecular complexity index is 336. The molecule has 0 aromatic rings. The molecule has 0 aliphatic heterocycles. The molecule has 0 unspecified atom stereocenters. The first-order valence-corrected chi connectivity index (χ1v) is 11.4. The predicted molar refractivity (Wildman–Crippen MR) is 99.3 cm³/mol. The zero-order valence-electron chi connectivity index (χ0n) is 15.8. The first-order valence-electron chi connectivity index (χ1n) is 8.53. The molecule has 0 aliphatic rings. The minimum atomic E-state index is -1.75. The van der Waals surface area contributed by atoms with E-state index >= 15 is 0 Å². The molecule has 0 saturated heterocycles. The Morgan fingerprint density at radius 2 is 1.81 bits per heavy atom. The Morgan fingerprint density at radius 1 is 1.24 bits per heavy atom. The molecule has 0 N–H and O–H groups in total. The van der Waals surface area contributed by atoms with Gasteiger partial charge in [0.25, 0.3) is 0 Å². The summed E-state index contributed by atoms with van der Waals surface area (Å²) in [4.78, 5) is 0. The van der Waals surface area contributed by atoms with Crippen LogP contribution in [-0.4, -0.2) is 14.4 Å². The molecular weight excluding hydrogens is 272 g/mol. The van der Waals surface area contributed by atoms with E-state index in [4.69, 9.17) is 4.43 Å². The molecule has 0 radical (unpaired) electrons. The van der Waals surface area contributed by atoms with Crippen LogP contribution in [0.1, 0.15) is 67.2 Å². The van der Waals surface area contributed by atoms with Crippen molar-refractivity contribution in [3.8, 4) is 0 Å². The van der Waals surface area contributed by atoms with Gasteiger partial charge in [0, 0.05) is 5.92 Å². The number of hydrogen-bond acceptors (Lipinski definition) is 1. The largest absolute Gasteiger partial charge is 0.410 e. The van der Waals surface area contributed by atoms with Gasteiger partial charge >= 0.3 is 0 Å². The summed E-state index contributed by atoms with van der Waals surface area (Å²) in [5.74, 6) is 0.363. The summed E-state index contributed by atoms with van der Waals surface area (Å²) in [6, 6.07) is 0. The van der Waals surface area contributed by atoms with E-state index in [9.17, 15) is 0 Å². The molecule has 0 fully saturated rings. The Labute approximate surface area is 135 Å². The van der Waals surface area contributed by atoms with Gasteiger partial charge in [-0.25, -0.2) is 0 Å². The van der Waals surface area contributed by atoms with Gasteiger partial charge in [-0.05, 0) is 43.5 Å². The molecule has 124 valence electrons. The van der Waals surface area contributed by atoms with Crippen molar-refractivity contribution in [3.05, 3.63) is 24.3 Å². The lowest BCUT2D eigenvalue weighted by molar-refractivity contribution is 0.178. The molecule has 0 bridgehead atoms. The monoisotopic (exact) mass is 310 g/mol. The fraction of sp³-hybridized carbons (Fsp3) is 0.789. The lowest BCUT2D eigenvalue weighted by atomic mass is 9.97. The minimum absolute atomic E-state index is 0.185. The quantitative estimate of drug-likeness (QED) is 0.261. The summed E-state index contributed by atoms with van der Waals surface area (Å²) in [5, 5.41) is 0.245. The van der Waals surface area contributed by atoms with Gasteiger partial charge in [-0.3, -0.25) is 0 Å². The molecule has 2 heteroatoms. The second-order valence-corrected chi connectivity index (χ2v) is 12.6. The summed E-state index contributed by atoms with van der Waals surface area (Å²) < 4.78 is 6.67. The van der Waals surface area contributed by atoms with Crippen LogP contribution in [0, 0.1) is 5.92 Å². The molecule has 0 rings (SSSR count). The van der Waals surface area contributed by atoms with Crippen LogP contribution in [0.3, 0.4) is 0 Å². The van der Waals surface area contributed by atoms with Crippen LogP contribution in [0.5, 0.6) is 0 Å². The van der Waals surface area contributed by atoms with Crippen LogP contribution in [0.15, 0.2) is 24.3 Å². The van der Waals surface area contributed by atoms with Crippen molar-refractivity contribution in [2.45, 2.75) is 91.5 Å². The summed E-state index contributed by atoms with van der Waals surface area (Å²) in [5.41, 5.74) is 1.38. The Kier molecular flexibility index (Phi) is 8.80. The molecular formula is C19H38OSi. The van der Waals surface area contributed by atoms with Crippen LogP contribution < -0.4 is 0 Å². The zero-order valence-corrected chi connectivity index (χ0v) is 16.8. The third-order valence-corrected chi connectivity index (χ3v) is 9.26. The molecule has 0 aromatic heterocycles. The topological polar surface area (TPSA) is 9.23 Å². The van der Waals surface area contributed by atoms with E-state index in [1.165, 1.54) is 31.3 Å². The van der Waals surface area contributed by atoms with Crippen LogP contribution in [0.25, 0.3) is 0 Å². The predicted octanol–water partition coefficient (Wildman–Crippen LogP) is 6.73. The van der Waals surface area contributed by atoms with Gasteiger partial charge in [0.1, 0.15) is 0 Å².